The number of aliphatic hydroxyl groups excluding tert-OH is 2. The van der Waals surface area contributed by atoms with E-state index < -0.39 is 18.2 Å². The number of carbonyl (C=O) groups excluding carboxylic acids is 1. The van der Waals surface area contributed by atoms with Gasteiger partial charge in [0.1, 0.15) is 5.60 Å². The predicted octanol–water partition coefficient (Wildman–Crippen LogP) is 9.84. The van der Waals surface area contributed by atoms with Gasteiger partial charge in [0.05, 0.1) is 24.9 Å². The van der Waals surface area contributed by atoms with Gasteiger partial charge in [0.15, 0.2) is 5.78 Å². The number of fused-ring (bicyclic) bond motifs is 8. The SMILES string of the molecule is C=C(CCC(=O)O)[C@H]1CC[C@H]2[C@@H]3[C@H](O)C[C@@H]4C[C@@H](OCCN(C)c5ccc([C@H]6C[C@]78CCO[C@@]7(C#CC)[C@H](C)CC8C7CCC8=CC(=O)CCC8=C76)cc5)CC[C@]4(C)[C@H]3C[C@H](O)[C@]12C. The molecule has 7 fully saturated rings. The predicted molar refractivity (Wildman–Crippen MR) is 249 cm³/mol. The number of benzene rings is 1. The first-order valence-electron chi connectivity index (χ1n) is 25.4. The molecule has 346 valence electrons. The van der Waals surface area contributed by atoms with E-state index in [1.54, 1.807) is 5.57 Å². The number of allylic oxidation sites excluding steroid dienone is 5. The molecule has 8 aliphatic carbocycles. The lowest BCUT2D eigenvalue weighted by molar-refractivity contribution is -0.204. The van der Waals surface area contributed by atoms with Crippen molar-refractivity contribution in [2.45, 2.75) is 160 Å². The van der Waals surface area contributed by atoms with Crippen LogP contribution >= 0.6 is 0 Å². The lowest BCUT2D eigenvalue weighted by Crippen LogP contribution is -2.62. The Balaban J connectivity index is 0.799. The second-order valence-corrected chi connectivity index (χ2v) is 23.0. The summed E-state index contributed by atoms with van der Waals surface area (Å²) in [7, 11) is 2.17. The Hall–Kier alpha value is -3.22. The molecular formula is C56H75NO7. The summed E-state index contributed by atoms with van der Waals surface area (Å²) in [5, 5.41) is 33.3. The first-order valence-corrected chi connectivity index (χ1v) is 25.4. The van der Waals surface area contributed by atoms with E-state index in [1.807, 2.05) is 13.0 Å². The van der Waals surface area contributed by atoms with Gasteiger partial charge in [0, 0.05) is 55.5 Å². The van der Waals surface area contributed by atoms with Crippen LogP contribution in [-0.2, 0) is 19.1 Å². The molecule has 1 aromatic rings. The molecule has 9 aliphatic rings. The summed E-state index contributed by atoms with van der Waals surface area (Å²) in [6.45, 7) is 15.6. The van der Waals surface area contributed by atoms with Crippen molar-refractivity contribution in [3.63, 3.8) is 0 Å². The highest BCUT2D eigenvalue weighted by Crippen LogP contribution is 2.73. The lowest BCUT2D eigenvalue weighted by atomic mass is 9.43. The summed E-state index contributed by atoms with van der Waals surface area (Å²) >= 11 is 0. The maximum absolute atomic E-state index is 12.6. The molecule has 3 N–H and O–H groups in total. The molecule has 64 heavy (non-hydrogen) atoms. The van der Waals surface area contributed by atoms with Crippen molar-refractivity contribution in [2.75, 3.05) is 31.7 Å². The monoisotopic (exact) mass is 874 g/mol. The third kappa shape index (κ3) is 6.73. The molecule has 8 heteroatoms. The molecule has 16 atom stereocenters. The van der Waals surface area contributed by atoms with Crippen molar-refractivity contribution in [3.8, 4) is 11.8 Å². The largest absolute Gasteiger partial charge is 0.481 e. The van der Waals surface area contributed by atoms with Crippen molar-refractivity contribution in [2.24, 2.45) is 63.6 Å². The maximum atomic E-state index is 12.6. The van der Waals surface area contributed by atoms with Crippen molar-refractivity contribution < 1.29 is 34.4 Å². The third-order valence-corrected chi connectivity index (χ3v) is 20.6. The lowest BCUT2D eigenvalue weighted by Gasteiger charge is -2.63. The molecule has 0 bridgehead atoms. The first kappa shape index (κ1) is 44.6. The number of rotatable bonds is 10. The number of anilines is 1. The zero-order valence-corrected chi connectivity index (χ0v) is 39.4. The van der Waals surface area contributed by atoms with Crippen LogP contribution in [0.15, 0.2) is 59.2 Å². The van der Waals surface area contributed by atoms with Crippen LogP contribution in [0.1, 0.15) is 142 Å². The Morgan fingerprint density at radius 3 is 2.53 bits per heavy atom. The normalized spacial score (nSPS) is 44.2. The third-order valence-electron chi connectivity index (χ3n) is 20.6. The van der Waals surface area contributed by atoms with E-state index >= 15 is 0 Å². The molecule has 6 saturated carbocycles. The average molecular weight is 874 g/mol. The molecular weight excluding hydrogens is 799 g/mol. The van der Waals surface area contributed by atoms with Gasteiger partial charge in [-0.15, -0.1) is 5.92 Å². The zero-order chi connectivity index (χ0) is 44.9. The molecule has 2 unspecified atom stereocenters. The van der Waals surface area contributed by atoms with Gasteiger partial charge < -0.3 is 29.7 Å². The van der Waals surface area contributed by atoms with Gasteiger partial charge in [-0.2, -0.15) is 0 Å². The van der Waals surface area contributed by atoms with Crippen molar-refractivity contribution in [1.82, 2.24) is 0 Å². The molecule has 10 rings (SSSR count). The van der Waals surface area contributed by atoms with Crippen LogP contribution in [0.5, 0.6) is 0 Å². The molecule has 0 radical (unpaired) electrons. The summed E-state index contributed by atoms with van der Waals surface area (Å²) in [5.41, 5.74) is 7.28. The van der Waals surface area contributed by atoms with Crippen LogP contribution in [0, 0.1) is 75.4 Å². The number of hydrogen-bond donors (Lipinski definition) is 3. The summed E-state index contributed by atoms with van der Waals surface area (Å²) in [6, 6.07) is 9.36. The van der Waals surface area contributed by atoms with Gasteiger partial charge in [0.2, 0.25) is 0 Å². The van der Waals surface area contributed by atoms with E-state index in [1.165, 1.54) is 22.4 Å². The molecule has 1 aliphatic heterocycles. The number of hydrogen-bond acceptors (Lipinski definition) is 7. The minimum absolute atomic E-state index is 0.0431. The molecule has 1 spiro atoms. The number of ketones is 1. The second-order valence-electron chi connectivity index (χ2n) is 23.0. The van der Waals surface area contributed by atoms with E-state index in [0.29, 0.717) is 55.5 Å². The number of ether oxygens (including phenoxy) is 2. The maximum Gasteiger partial charge on any atom is 0.303 e. The van der Waals surface area contributed by atoms with Crippen molar-refractivity contribution in [1.29, 1.82) is 0 Å². The summed E-state index contributed by atoms with van der Waals surface area (Å²) < 4.78 is 13.5. The van der Waals surface area contributed by atoms with Gasteiger partial charge in [-0.3, -0.25) is 9.59 Å². The van der Waals surface area contributed by atoms with Crippen LogP contribution in [0.4, 0.5) is 5.69 Å². The van der Waals surface area contributed by atoms with Gasteiger partial charge in [-0.25, -0.2) is 0 Å². The fourth-order valence-corrected chi connectivity index (χ4v) is 17.5. The van der Waals surface area contributed by atoms with Crippen molar-refractivity contribution in [3.05, 3.63) is 64.8 Å². The Morgan fingerprint density at radius 1 is 0.969 bits per heavy atom. The number of nitrogens with zero attached hydrogens (tertiary/aromatic N) is 1. The Bertz CT molecular complexity index is 2160. The topological polar surface area (TPSA) is 117 Å². The number of carboxylic acids is 1. The quantitative estimate of drug-likeness (QED) is 0.157. The summed E-state index contributed by atoms with van der Waals surface area (Å²) in [5.74, 6) is 9.34. The van der Waals surface area contributed by atoms with E-state index in [2.05, 4.69) is 75.4 Å². The van der Waals surface area contributed by atoms with Gasteiger partial charge >= 0.3 is 5.97 Å². The van der Waals surface area contributed by atoms with Gasteiger partial charge in [-0.1, -0.05) is 56.5 Å². The van der Waals surface area contributed by atoms with Crippen LogP contribution < -0.4 is 4.90 Å². The van der Waals surface area contributed by atoms with Crippen molar-refractivity contribution >= 4 is 17.4 Å². The minimum Gasteiger partial charge on any atom is -0.481 e. The van der Waals surface area contributed by atoms with E-state index in [9.17, 15) is 24.9 Å². The number of carboxylic acid groups (broad SMARTS) is 1. The molecule has 1 heterocycles. The highest BCUT2D eigenvalue weighted by Gasteiger charge is 2.71. The fourth-order valence-electron chi connectivity index (χ4n) is 17.5. The highest BCUT2D eigenvalue weighted by atomic mass is 16.5. The molecule has 0 aromatic heterocycles. The number of carbonyl (C=O) groups is 2. The number of likely N-dealkylation sites (N-methyl/N-ethyl adjacent to an activating group) is 1. The number of aliphatic hydroxyl groups is 2. The minimum atomic E-state index is -0.808. The molecule has 1 aromatic carbocycles. The van der Waals surface area contributed by atoms with Gasteiger partial charge in [0.25, 0.3) is 0 Å². The number of aliphatic carboxylic acids is 1. The summed E-state index contributed by atoms with van der Waals surface area (Å²) in [6.07, 6.45) is 15.0. The van der Waals surface area contributed by atoms with Crippen LogP contribution in [0.25, 0.3) is 0 Å². The van der Waals surface area contributed by atoms with Crippen LogP contribution in [0.2, 0.25) is 0 Å². The Kier molecular flexibility index (Phi) is 11.5. The molecule has 0 amide bonds. The summed E-state index contributed by atoms with van der Waals surface area (Å²) in [4.78, 5) is 26.3. The fraction of sp³-hybridized carbons (Fsp3) is 0.714. The molecule has 1 saturated heterocycles. The second kappa shape index (κ2) is 16.5. The Morgan fingerprint density at radius 2 is 1.77 bits per heavy atom. The average Bonchev–Trinajstić information content (AvgIpc) is 3.89. The van der Waals surface area contributed by atoms with Crippen LogP contribution in [-0.4, -0.2) is 77.8 Å². The van der Waals surface area contributed by atoms with Gasteiger partial charge in [-0.05, 0) is 184 Å². The van der Waals surface area contributed by atoms with Crippen LogP contribution in [0.3, 0.4) is 0 Å². The standard InChI is InChI=1S/C56H75NO7/c1-7-21-56-34(3)27-46-42-15-11-36-28-39(58)14-16-41(36)51(42)43(32-55(46,56)23-25-64-56)35-9-12-38(13-10-35)57(6)24-26-63-40-20-22-53(4)37(29-40)30-48(59)52-45-18-17-44(33(2)8-19-50(61)62)54(45,5)49(60)31-47(52)53/h9-10,12-13,28,34,37,40,42-49,52,59-60H,2,8,11,14-20,22-27,29-32H2,1,3-6H3,(H,61,62)/t34-,37+,40+,42?,43-,44-,45+,46?,47+,48-,49+,52+,53+,54-,55+,56+/m1/s1. The highest BCUT2D eigenvalue weighted by molar-refractivity contribution is 5.93. The van der Waals surface area contributed by atoms with E-state index in [-0.39, 0.29) is 63.8 Å². The Labute approximate surface area is 382 Å². The zero-order valence-electron chi connectivity index (χ0n) is 39.4. The van der Waals surface area contributed by atoms with E-state index in [0.717, 1.165) is 95.8 Å². The first-order chi connectivity index (χ1) is 30.6. The smallest absolute Gasteiger partial charge is 0.303 e. The van der Waals surface area contributed by atoms with E-state index in [4.69, 9.17) is 9.47 Å². The molecule has 8 nitrogen and oxygen atoms in total.